The van der Waals surface area contributed by atoms with E-state index in [4.69, 9.17) is 0 Å². The summed E-state index contributed by atoms with van der Waals surface area (Å²) in [6, 6.07) is 4.79. The molecule has 1 aliphatic rings. The molecule has 0 spiro atoms. The van der Waals surface area contributed by atoms with Crippen LogP contribution in [-0.2, 0) is 0 Å². The topological polar surface area (TPSA) is 39.3 Å². The van der Waals surface area contributed by atoms with Crippen LogP contribution in [0.3, 0.4) is 0 Å². The van der Waals surface area contributed by atoms with Gasteiger partial charge in [0.15, 0.2) is 0 Å². The Morgan fingerprint density at radius 2 is 1.84 bits per heavy atom. The lowest BCUT2D eigenvalue weighted by atomic mass is 10.0. The molecule has 1 fully saturated rings. The summed E-state index contributed by atoms with van der Waals surface area (Å²) in [5.74, 6) is 0.0983. The highest BCUT2D eigenvalue weighted by Gasteiger charge is 2.22. The molecule has 1 N–H and O–H groups in total. The predicted molar refractivity (Wildman–Crippen MR) is 104 cm³/mol. The van der Waals surface area contributed by atoms with E-state index in [9.17, 15) is 4.79 Å². The summed E-state index contributed by atoms with van der Waals surface area (Å²) in [4.78, 5) is 20.8. The number of hydrogen-bond acceptors (Lipinski definition) is 2. The summed E-state index contributed by atoms with van der Waals surface area (Å²) in [5, 5.41) is 1.20. The molecule has 25 heavy (non-hydrogen) atoms. The molecule has 1 atom stereocenters. The molecule has 1 aromatic carbocycles. The zero-order chi connectivity index (χ0) is 18.1. The van der Waals surface area contributed by atoms with Gasteiger partial charge in [-0.15, -0.1) is 0 Å². The summed E-state index contributed by atoms with van der Waals surface area (Å²) in [5.41, 5.74) is 5.32. The average Bonchev–Trinajstić information content (AvgIpc) is 3.24. The van der Waals surface area contributed by atoms with E-state index < -0.39 is 0 Å². The van der Waals surface area contributed by atoms with E-state index in [1.165, 1.54) is 42.4 Å². The van der Waals surface area contributed by atoms with Gasteiger partial charge in [0.2, 0.25) is 0 Å². The number of nitrogens with one attached hydrogen (secondary N) is 1. The van der Waals surface area contributed by atoms with Crippen molar-refractivity contribution in [3.63, 3.8) is 0 Å². The maximum absolute atomic E-state index is 13.0. The van der Waals surface area contributed by atoms with Crippen molar-refractivity contribution in [2.45, 2.75) is 53.0 Å². The van der Waals surface area contributed by atoms with Gasteiger partial charge in [0.1, 0.15) is 5.69 Å². The number of amides is 1. The van der Waals surface area contributed by atoms with Crippen LogP contribution in [0.15, 0.2) is 12.1 Å². The minimum atomic E-state index is 0.0983. The number of fused-ring (bicyclic) bond motifs is 1. The summed E-state index contributed by atoms with van der Waals surface area (Å²) in [7, 11) is 1.92. The Bertz CT molecular complexity index is 771. The van der Waals surface area contributed by atoms with Crippen molar-refractivity contribution in [2.24, 2.45) is 0 Å². The van der Waals surface area contributed by atoms with Crippen molar-refractivity contribution in [3.8, 4) is 0 Å². The van der Waals surface area contributed by atoms with Crippen molar-refractivity contribution < 1.29 is 4.79 Å². The highest BCUT2D eigenvalue weighted by atomic mass is 16.2. The summed E-state index contributed by atoms with van der Waals surface area (Å²) < 4.78 is 0. The molecule has 1 aromatic heterocycles. The van der Waals surface area contributed by atoms with Crippen LogP contribution in [0.25, 0.3) is 10.9 Å². The van der Waals surface area contributed by atoms with Crippen molar-refractivity contribution in [2.75, 3.05) is 26.7 Å². The van der Waals surface area contributed by atoms with Crippen LogP contribution in [0.2, 0.25) is 0 Å². The zero-order valence-corrected chi connectivity index (χ0v) is 16.3. The average molecular weight is 341 g/mol. The molecule has 1 amide bonds. The van der Waals surface area contributed by atoms with E-state index in [1.807, 2.05) is 11.9 Å². The number of nitrogens with zero attached hydrogens (tertiary/aromatic N) is 2. The SMILES string of the molecule is Cc1ccc(C)c2c(C)c(C(=O)N(C)CC[C@@H](C)N3CCCC3)[nH]c12. The largest absolute Gasteiger partial charge is 0.350 e. The number of hydrogen-bond donors (Lipinski definition) is 1. The number of aryl methyl sites for hydroxylation is 3. The number of aromatic amines is 1. The highest BCUT2D eigenvalue weighted by Crippen LogP contribution is 2.28. The van der Waals surface area contributed by atoms with Crippen LogP contribution in [0, 0.1) is 20.8 Å². The predicted octanol–water partition coefficient (Wildman–Crippen LogP) is 4.04. The van der Waals surface area contributed by atoms with Crippen LogP contribution in [-0.4, -0.2) is 53.4 Å². The van der Waals surface area contributed by atoms with Crippen molar-refractivity contribution >= 4 is 16.8 Å². The van der Waals surface area contributed by atoms with Gasteiger partial charge >= 0.3 is 0 Å². The molecule has 2 aromatic rings. The molecule has 0 unspecified atom stereocenters. The first-order valence-electron chi connectivity index (χ1n) is 9.48. The van der Waals surface area contributed by atoms with Gasteiger partial charge in [0.25, 0.3) is 5.91 Å². The van der Waals surface area contributed by atoms with Crippen LogP contribution < -0.4 is 0 Å². The van der Waals surface area contributed by atoms with Gasteiger partial charge in [0.05, 0.1) is 0 Å². The number of rotatable bonds is 5. The third-order valence-corrected chi connectivity index (χ3v) is 5.83. The molecule has 136 valence electrons. The van der Waals surface area contributed by atoms with Crippen LogP contribution in [0.5, 0.6) is 0 Å². The molecule has 0 saturated carbocycles. The van der Waals surface area contributed by atoms with Gasteiger partial charge in [-0.25, -0.2) is 0 Å². The Labute approximate surface area is 151 Å². The standard InChI is InChI=1S/C21H31N3O/c1-14-8-9-15(2)19-18(14)17(4)20(22-19)21(25)23(5)13-10-16(3)24-11-6-7-12-24/h8-9,16,22H,6-7,10-13H2,1-5H3/t16-/m1/s1. The number of carbonyl (C=O) groups excluding carboxylic acids is 1. The highest BCUT2D eigenvalue weighted by molar-refractivity contribution is 6.02. The second-order valence-corrected chi connectivity index (χ2v) is 7.68. The minimum absolute atomic E-state index is 0.0983. The summed E-state index contributed by atoms with van der Waals surface area (Å²) >= 11 is 0. The van der Waals surface area contributed by atoms with E-state index >= 15 is 0 Å². The van der Waals surface area contributed by atoms with E-state index in [0.717, 1.165) is 29.7 Å². The fraction of sp³-hybridized carbons (Fsp3) is 0.571. The maximum Gasteiger partial charge on any atom is 0.270 e. The lowest BCUT2D eigenvalue weighted by Crippen LogP contribution is -2.35. The van der Waals surface area contributed by atoms with Gasteiger partial charge in [-0.2, -0.15) is 0 Å². The number of benzene rings is 1. The first-order valence-corrected chi connectivity index (χ1v) is 9.48. The molecule has 4 heteroatoms. The fourth-order valence-electron chi connectivity index (χ4n) is 4.05. The number of likely N-dealkylation sites (tertiary alicyclic amines) is 1. The Morgan fingerprint density at radius 3 is 2.48 bits per heavy atom. The molecule has 1 saturated heterocycles. The van der Waals surface area contributed by atoms with Gasteiger partial charge < -0.3 is 14.8 Å². The number of H-pyrrole nitrogens is 1. The lowest BCUT2D eigenvalue weighted by Gasteiger charge is -2.26. The third kappa shape index (κ3) is 3.45. The van der Waals surface area contributed by atoms with Crippen molar-refractivity contribution in [1.29, 1.82) is 0 Å². The first-order chi connectivity index (χ1) is 11.9. The van der Waals surface area contributed by atoms with Crippen LogP contribution >= 0.6 is 0 Å². The minimum Gasteiger partial charge on any atom is -0.350 e. The van der Waals surface area contributed by atoms with Crippen LogP contribution in [0.1, 0.15) is 53.4 Å². The molecule has 0 radical (unpaired) electrons. The quantitative estimate of drug-likeness (QED) is 0.891. The maximum atomic E-state index is 13.0. The van der Waals surface area contributed by atoms with E-state index in [-0.39, 0.29) is 5.91 Å². The Hall–Kier alpha value is -1.81. The van der Waals surface area contributed by atoms with Gasteiger partial charge in [-0.3, -0.25) is 4.79 Å². The molecular formula is C21H31N3O. The van der Waals surface area contributed by atoms with Crippen molar-refractivity contribution in [3.05, 3.63) is 34.5 Å². The molecule has 0 bridgehead atoms. The fourth-order valence-corrected chi connectivity index (χ4v) is 4.05. The van der Waals surface area contributed by atoms with Crippen molar-refractivity contribution in [1.82, 2.24) is 14.8 Å². The molecule has 3 rings (SSSR count). The molecule has 2 heterocycles. The molecular weight excluding hydrogens is 310 g/mol. The van der Waals surface area contributed by atoms with E-state index in [2.05, 4.69) is 49.7 Å². The smallest absolute Gasteiger partial charge is 0.270 e. The molecule has 0 aliphatic carbocycles. The lowest BCUT2D eigenvalue weighted by molar-refractivity contribution is 0.0776. The van der Waals surface area contributed by atoms with E-state index in [0.29, 0.717) is 6.04 Å². The Kier molecular flexibility index (Phi) is 5.19. The second kappa shape index (κ2) is 7.20. The van der Waals surface area contributed by atoms with Crippen LogP contribution in [0.4, 0.5) is 0 Å². The Morgan fingerprint density at radius 1 is 1.20 bits per heavy atom. The summed E-state index contributed by atoms with van der Waals surface area (Å²) in [6.45, 7) is 11.7. The first kappa shape index (κ1) is 18.0. The number of carbonyl (C=O) groups is 1. The monoisotopic (exact) mass is 341 g/mol. The molecule has 4 nitrogen and oxygen atoms in total. The van der Waals surface area contributed by atoms with Gasteiger partial charge in [0, 0.05) is 30.5 Å². The summed E-state index contributed by atoms with van der Waals surface area (Å²) in [6.07, 6.45) is 3.65. The Balaban J connectivity index is 1.74. The van der Waals surface area contributed by atoms with Gasteiger partial charge in [-0.1, -0.05) is 12.1 Å². The third-order valence-electron chi connectivity index (χ3n) is 5.83. The van der Waals surface area contributed by atoms with Gasteiger partial charge in [-0.05, 0) is 76.7 Å². The normalized spacial score (nSPS) is 16.5. The van der Waals surface area contributed by atoms with E-state index in [1.54, 1.807) is 0 Å². The second-order valence-electron chi connectivity index (χ2n) is 7.68. The zero-order valence-electron chi connectivity index (χ0n) is 16.3. The molecule has 1 aliphatic heterocycles. The number of aromatic nitrogens is 1.